The number of hydrogen-bond acceptors (Lipinski definition) is 5. The summed E-state index contributed by atoms with van der Waals surface area (Å²) in [5, 5.41) is 16.7. The van der Waals surface area contributed by atoms with Crippen LogP contribution in [-0.2, 0) is 11.0 Å². The molecule has 0 aliphatic carbocycles. The van der Waals surface area contributed by atoms with E-state index in [2.05, 4.69) is 15.5 Å². The second-order valence-electron chi connectivity index (χ2n) is 3.98. The first-order valence-corrected chi connectivity index (χ1v) is 5.91. The number of anilines is 1. The molecule has 0 saturated heterocycles. The van der Waals surface area contributed by atoms with Gasteiger partial charge in [-0.3, -0.25) is 4.79 Å². The van der Waals surface area contributed by atoms with Crippen molar-refractivity contribution in [3.8, 4) is 0 Å². The van der Waals surface area contributed by atoms with Crippen molar-refractivity contribution in [3.63, 3.8) is 0 Å². The third-order valence-electron chi connectivity index (χ3n) is 2.26. The molecule has 1 heterocycles. The zero-order valence-corrected chi connectivity index (χ0v) is 10.5. The molecule has 1 unspecified atom stereocenters. The third-order valence-corrected chi connectivity index (χ3v) is 3.19. The lowest BCUT2D eigenvalue weighted by atomic mass is 9.96. The predicted octanol–water partition coefficient (Wildman–Crippen LogP) is 2.33. The molecule has 0 aliphatic rings. The first kappa shape index (κ1) is 14.7. The van der Waals surface area contributed by atoms with Crippen LogP contribution in [-0.4, -0.2) is 27.8 Å². The molecule has 0 amide bonds. The number of halogens is 3. The van der Waals surface area contributed by atoms with Crippen LogP contribution >= 0.6 is 11.3 Å². The zero-order valence-electron chi connectivity index (χ0n) is 9.65. The minimum absolute atomic E-state index is 0.0134. The minimum Gasteiger partial charge on any atom is -0.481 e. The average molecular weight is 283 g/mol. The number of carboxylic acids is 1. The lowest BCUT2D eigenvalue weighted by molar-refractivity contribution is -0.142. The summed E-state index contributed by atoms with van der Waals surface area (Å²) < 4.78 is 36.7. The van der Waals surface area contributed by atoms with E-state index < -0.39 is 23.1 Å². The second kappa shape index (κ2) is 5.51. The third kappa shape index (κ3) is 3.83. The van der Waals surface area contributed by atoms with Crippen molar-refractivity contribution in [2.45, 2.75) is 20.0 Å². The summed E-state index contributed by atoms with van der Waals surface area (Å²) in [7, 11) is 0. The molecule has 18 heavy (non-hydrogen) atoms. The van der Waals surface area contributed by atoms with Gasteiger partial charge in [0.15, 0.2) is 0 Å². The van der Waals surface area contributed by atoms with E-state index >= 15 is 0 Å². The molecule has 0 fully saturated rings. The molecule has 1 aromatic heterocycles. The molecule has 1 rings (SSSR count). The van der Waals surface area contributed by atoms with Crippen LogP contribution in [0.15, 0.2) is 0 Å². The molecule has 102 valence electrons. The number of alkyl halides is 3. The van der Waals surface area contributed by atoms with E-state index in [0.29, 0.717) is 11.3 Å². The summed E-state index contributed by atoms with van der Waals surface area (Å²) in [5.41, 5.74) is 0. The Labute approximate surface area is 105 Å². The normalized spacial score (nSPS) is 13.7. The van der Waals surface area contributed by atoms with Crippen molar-refractivity contribution >= 4 is 22.4 Å². The minimum atomic E-state index is -4.53. The van der Waals surface area contributed by atoms with E-state index in [-0.39, 0.29) is 17.6 Å². The highest BCUT2D eigenvalue weighted by Gasteiger charge is 2.35. The largest absolute Gasteiger partial charge is 0.481 e. The van der Waals surface area contributed by atoms with E-state index in [1.807, 2.05) is 0 Å². The zero-order chi connectivity index (χ0) is 13.9. The molecule has 0 spiro atoms. The Morgan fingerprint density at radius 1 is 1.44 bits per heavy atom. The first-order chi connectivity index (χ1) is 8.21. The Kier molecular flexibility index (Phi) is 4.49. The van der Waals surface area contributed by atoms with Crippen LogP contribution in [0.3, 0.4) is 0 Å². The van der Waals surface area contributed by atoms with Crippen LogP contribution in [0, 0.1) is 11.8 Å². The number of aromatic nitrogens is 2. The van der Waals surface area contributed by atoms with Crippen LogP contribution in [0.2, 0.25) is 0 Å². The van der Waals surface area contributed by atoms with Gasteiger partial charge in [-0.25, -0.2) is 0 Å². The highest BCUT2D eigenvalue weighted by atomic mass is 32.1. The van der Waals surface area contributed by atoms with Gasteiger partial charge in [0.1, 0.15) is 0 Å². The Morgan fingerprint density at radius 3 is 2.44 bits per heavy atom. The monoisotopic (exact) mass is 283 g/mol. The van der Waals surface area contributed by atoms with Crippen LogP contribution in [0.5, 0.6) is 0 Å². The highest BCUT2D eigenvalue weighted by molar-refractivity contribution is 7.15. The Bertz CT molecular complexity index is 419. The summed E-state index contributed by atoms with van der Waals surface area (Å²) in [5.74, 6) is -1.83. The number of hydrogen-bond donors (Lipinski definition) is 2. The van der Waals surface area contributed by atoms with Crippen molar-refractivity contribution < 1.29 is 23.1 Å². The van der Waals surface area contributed by atoms with Crippen molar-refractivity contribution in [1.82, 2.24) is 10.2 Å². The van der Waals surface area contributed by atoms with Crippen molar-refractivity contribution in [3.05, 3.63) is 5.01 Å². The van der Waals surface area contributed by atoms with Crippen molar-refractivity contribution in [2.24, 2.45) is 11.8 Å². The smallest absolute Gasteiger partial charge is 0.445 e. The van der Waals surface area contributed by atoms with E-state index in [4.69, 9.17) is 5.11 Å². The van der Waals surface area contributed by atoms with E-state index in [9.17, 15) is 18.0 Å². The number of carboxylic acid groups (broad SMARTS) is 1. The molecule has 0 radical (unpaired) electrons. The van der Waals surface area contributed by atoms with Crippen LogP contribution < -0.4 is 5.32 Å². The van der Waals surface area contributed by atoms with Gasteiger partial charge >= 0.3 is 12.1 Å². The molecule has 0 bridgehead atoms. The van der Waals surface area contributed by atoms with Crippen LogP contribution in [0.1, 0.15) is 18.9 Å². The Morgan fingerprint density at radius 2 is 2.06 bits per heavy atom. The van der Waals surface area contributed by atoms with Crippen LogP contribution in [0.4, 0.5) is 18.3 Å². The summed E-state index contributed by atoms with van der Waals surface area (Å²) in [4.78, 5) is 10.9. The molecule has 2 N–H and O–H groups in total. The fraction of sp³-hybridized carbons (Fsp3) is 0.667. The summed E-state index contributed by atoms with van der Waals surface area (Å²) in [6, 6.07) is 0. The number of carbonyl (C=O) groups is 1. The predicted molar refractivity (Wildman–Crippen MR) is 59.4 cm³/mol. The summed E-state index contributed by atoms with van der Waals surface area (Å²) >= 11 is 0.354. The van der Waals surface area contributed by atoms with E-state index in [1.165, 1.54) is 0 Å². The Hall–Kier alpha value is -1.38. The van der Waals surface area contributed by atoms with E-state index in [0.717, 1.165) is 0 Å². The quantitative estimate of drug-likeness (QED) is 0.867. The number of nitrogens with one attached hydrogen (secondary N) is 1. The van der Waals surface area contributed by atoms with Crippen molar-refractivity contribution in [1.29, 1.82) is 0 Å². The SMILES string of the molecule is CC(C)C(CNc1nnc(C(F)(F)F)s1)C(=O)O. The summed E-state index contributed by atoms with van der Waals surface area (Å²) in [6.07, 6.45) is -4.53. The highest BCUT2D eigenvalue weighted by Crippen LogP contribution is 2.33. The van der Waals surface area contributed by atoms with Crippen LogP contribution in [0.25, 0.3) is 0 Å². The standard InChI is InChI=1S/C9H12F3N3O2S/c1-4(2)5(6(16)17)3-13-8-15-14-7(18-8)9(10,11)12/h4-5H,3H2,1-2H3,(H,13,15)(H,16,17). The van der Waals surface area contributed by atoms with Gasteiger partial charge in [-0.15, -0.1) is 10.2 Å². The lowest BCUT2D eigenvalue weighted by Gasteiger charge is -2.15. The van der Waals surface area contributed by atoms with Crippen molar-refractivity contribution in [2.75, 3.05) is 11.9 Å². The molecule has 0 aliphatic heterocycles. The van der Waals surface area contributed by atoms with Gasteiger partial charge in [-0.05, 0) is 5.92 Å². The summed E-state index contributed by atoms with van der Waals surface area (Å²) in [6.45, 7) is 3.46. The Balaban J connectivity index is 2.63. The average Bonchev–Trinajstić information content (AvgIpc) is 2.64. The number of nitrogens with zero attached hydrogens (tertiary/aromatic N) is 2. The van der Waals surface area contributed by atoms with Gasteiger partial charge in [-0.1, -0.05) is 25.2 Å². The molecule has 5 nitrogen and oxygen atoms in total. The van der Waals surface area contributed by atoms with E-state index in [1.54, 1.807) is 13.8 Å². The van der Waals surface area contributed by atoms with Gasteiger partial charge in [-0.2, -0.15) is 13.2 Å². The maximum absolute atomic E-state index is 12.2. The molecule has 0 saturated carbocycles. The fourth-order valence-corrected chi connectivity index (χ4v) is 1.83. The van der Waals surface area contributed by atoms with Gasteiger partial charge < -0.3 is 10.4 Å². The number of rotatable bonds is 5. The second-order valence-corrected chi connectivity index (χ2v) is 4.96. The topological polar surface area (TPSA) is 75.1 Å². The maximum Gasteiger partial charge on any atom is 0.445 e. The first-order valence-electron chi connectivity index (χ1n) is 5.09. The molecule has 1 atom stereocenters. The van der Waals surface area contributed by atoms with Gasteiger partial charge in [0.25, 0.3) is 0 Å². The van der Waals surface area contributed by atoms with Gasteiger partial charge in [0.05, 0.1) is 5.92 Å². The molecular weight excluding hydrogens is 271 g/mol. The molecule has 9 heteroatoms. The fourth-order valence-electron chi connectivity index (χ4n) is 1.21. The molecular formula is C9H12F3N3O2S. The molecule has 1 aromatic rings. The molecule has 0 aromatic carbocycles. The van der Waals surface area contributed by atoms with Gasteiger partial charge in [0, 0.05) is 6.54 Å². The van der Waals surface area contributed by atoms with Gasteiger partial charge in [0.2, 0.25) is 10.1 Å². The lowest BCUT2D eigenvalue weighted by Crippen LogP contribution is -2.27. The maximum atomic E-state index is 12.2. The number of aliphatic carboxylic acids is 1.